The van der Waals surface area contributed by atoms with Crippen molar-refractivity contribution in [2.75, 3.05) is 18.5 Å². The molecule has 1 aliphatic heterocycles. The standard InChI is InChI=1S/C24H26N4O4/c1-27-13-12-25-23(27)22(30)17-8-10-19(11-9-17)26-24(31)28(16-20-6-4-14-32-20)15-18-5-2-3-7-21(18)29/h2-3,5,7-13,20,29H,4,6,14-16H2,1H3,(H,26,31). The van der Waals surface area contributed by atoms with Crippen LogP contribution in [0, 0.1) is 0 Å². The number of para-hydroxylation sites is 1. The van der Waals surface area contributed by atoms with Gasteiger partial charge in [0, 0.05) is 49.4 Å². The van der Waals surface area contributed by atoms with E-state index in [2.05, 4.69) is 10.3 Å². The second-order valence-electron chi connectivity index (χ2n) is 7.84. The highest BCUT2D eigenvalue weighted by Crippen LogP contribution is 2.21. The van der Waals surface area contributed by atoms with Gasteiger partial charge in [-0.25, -0.2) is 9.78 Å². The second-order valence-corrected chi connectivity index (χ2v) is 7.84. The monoisotopic (exact) mass is 434 g/mol. The lowest BCUT2D eigenvalue weighted by Crippen LogP contribution is -2.39. The van der Waals surface area contributed by atoms with Gasteiger partial charge in [0.25, 0.3) is 0 Å². The van der Waals surface area contributed by atoms with Crippen LogP contribution >= 0.6 is 0 Å². The van der Waals surface area contributed by atoms with E-state index in [-0.39, 0.29) is 30.2 Å². The van der Waals surface area contributed by atoms with Crippen molar-refractivity contribution in [3.8, 4) is 5.75 Å². The largest absolute Gasteiger partial charge is 0.508 e. The molecule has 0 saturated carbocycles. The Balaban J connectivity index is 1.46. The maximum absolute atomic E-state index is 13.1. The van der Waals surface area contributed by atoms with Crippen molar-refractivity contribution >= 4 is 17.5 Å². The first kappa shape index (κ1) is 21.6. The molecule has 8 heteroatoms. The van der Waals surface area contributed by atoms with Crippen LogP contribution in [-0.2, 0) is 18.3 Å². The molecule has 1 atom stereocenters. The number of aromatic hydroxyl groups is 1. The summed E-state index contributed by atoms with van der Waals surface area (Å²) in [7, 11) is 1.77. The number of ketones is 1. The Hall–Kier alpha value is -3.65. The Labute approximate surface area is 186 Å². The summed E-state index contributed by atoms with van der Waals surface area (Å²) < 4.78 is 7.38. The first-order chi connectivity index (χ1) is 15.5. The van der Waals surface area contributed by atoms with E-state index in [0.29, 0.717) is 35.8 Å². The fourth-order valence-corrected chi connectivity index (χ4v) is 3.72. The van der Waals surface area contributed by atoms with E-state index >= 15 is 0 Å². The summed E-state index contributed by atoms with van der Waals surface area (Å²) in [6, 6.07) is 13.4. The molecule has 32 heavy (non-hydrogen) atoms. The lowest BCUT2D eigenvalue weighted by atomic mass is 10.1. The van der Waals surface area contributed by atoms with Crippen LogP contribution in [0.1, 0.15) is 34.6 Å². The molecule has 166 valence electrons. The lowest BCUT2D eigenvalue weighted by molar-refractivity contribution is 0.0817. The number of carbonyl (C=O) groups is 2. The number of phenols is 1. The minimum atomic E-state index is -0.299. The summed E-state index contributed by atoms with van der Waals surface area (Å²) in [5.41, 5.74) is 1.72. The summed E-state index contributed by atoms with van der Waals surface area (Å²) >= 11 is 0. The SMILES string of the molecule is Cn1ccnc1C(=O)c1ccc(NC(=O)N(Cc2ccccc2O)CC2CCCO2)cc1. The number of anilines is 1. The Morgan fingerprint density at radius 3 is 2.66 bits per heavy atom. The first-order valence-electron chi connectivity index (χ1n) is 10.6. The summed E-state index contributed by atoms with van der Waals surface area (Å²) in [4.78, 5) is 31.4. The van der Waals surface area contributed by atoms with E-state index in [1.54, 1.807) is 71.4 Å². The van der Waals surface area contributed by atoms with Gasteiger partial charge in [-0.2, -0.15) is 0 Å². The minimum Gasteiger partial charge on any atom is -0.508 e. The Bertz CT molecular complexity index is 1090. The van der Waals surface area contributed by atoms with Crippen LogP contribution in [0.2, 0.25) is 0 Å². The van der Waals surface area contributed by atoms with Crippen LogP contribution in [0.3, 0.4) is 0 Å². The highest BCUT2D eigenvalue weighted by molar-refractivity contribution is 6.07. The van der Waals surface area contributed by atoms with Gasteiger partial charge < -0.3 is 24.6 Å². The highest BCUT2D eigenvalue weighted by atomic mass is 16.5. The quantitative estimate of drug-likeness (QED) is 0.554. The third-order valence-electron chi connectivity index (χ3n) is 5.51. The number of hydrogen-bond acceptors (Lipinski definition) is 5. The van der Waals surface area contributed by atoms with Crippen molar-refractivity contribution in [1.82, 2.24) is 14.5 Å². The molecular formula is C24H26N4O4. The average Bonchev–Trinajstić information content (AvgIpc) is 3.46. The van der Waals surface area contributed by atoms with Crippen molar-refractivity contribution in [1.29, 1.82) is 0 Å². The second kappa shape index (κ2) is 9.65. The summed E-state index contributed by atoms with van der Waals surface area (Å²) in [5.74, 6) is 0.317. The number of nitrogens with zero attached hydrogens (tertiary/aromatic N) is 3. The molecule has 8 nitrogen and oxygen atoms in total. The predicted molar refractivity (Wildman–Crippen MR) is 120 cm³/mol. The number of hydrogen-bond donors (Lipinski definition) is 2. The number of aryl methyl sites for hydroxylation is 1. The fraction of sp³-hybridized carbons (Fsp3) is 0.292. The third kappa shape index (κ3) is 4.97. The zero-order valence-electron chi connectivity index (χ0n) is 17.9. The maximum atomic E-state index is 13.1. The zero-order chi connectivity index (χ0) is 22.5. The number of ether oxygens (including phenoxy) is 1. The van der Waals surface area contributed by atoms with Gasteiger partial charge in [-0.1, -0.05) is 18.2 Å². The van der Waals surface area contributed by atoms with E-state index < -0.39 is 0 Å². The summed E-state index contributed by atoms with van der Waals surface area (Å²) in [5, 5.41) is 13.0. The van der Waals surface area contributed by atoms with Crippen LogP contribution in [-0.4, -0.2) is 50.6 Å². The zero-order valence-corrected chi connectivity index (χ0v) is 17.9. The van der Waals surface area contributed by atoms with Gasteiger partial charge in [-0.15, -0.1) is 0 Å². The Kier molecular flexibility index (Phi) is 6.51. The molecule has 2 N–H and O–H groups in total. The van der Waals surface area contributed by atoms with Crippen LogP contribution in [0.25, 0.3) is 0 Å². The number of benzene rings is 2. The normalized spacial score (nSPS) is 15.5. The maximum Gasteiger partial charge on any atom is 0.322 e. The molecule has 2 heterocycles. The molecule has 1 aromatic heterocycles. The number of carbonyl (C=O) groups excluding carboxylic acids is 2. The van der Waals surface area contributed by atoms with Gasteiger partial charge in [0.05, 0.1) is 12.6 Å². The van der Waals surface area contributed by atoms with Crippen molar-refractivity contribution in [2.24, 2.45) is 7.05 Å². The van der Waals surface area contributed by atoms with Gasteiger partial charge in [-0.3, -0.25) is 4.79 Å². The molecule has 3 aromatic rings. The molecule has 2 amide bonds. The smallest absolute Gasteiger partial charge is 0.322 e. The molecule has 1 fully saturated rings. The van der Waals surface area contributed by atoms with Crippen LogP contribution in [0.4, 0.5) is 10.5 Å². The molecule has 0 bridgehead atoms. The van der Waals surface area contributed by atoms with E-state index in [0.717, 1.165) is 12.8 Å². The third-order valence-corrected chi connectivity index (χ3v) is 5.51. The molecule has 0 radical (unpaired) electrons. The van der Waals surface area contributed by atoms with E-state index in [1.807, 2.05) is 6.07 Å². The van der Waals surface area contributed by atoms with Crippen LogP contribution < -0.4 is 5.32 Å². The van der Waals surface area contributed by atoms with Gasteiger partial charge in [-0.05, 0) is 43.2 Å². The summed E-state index contributed by atoms with van der Waals surface area (Å²) in [6.45, 7) is 1.38. The Morgan fingerprint density at radius 2 is 2.00 bits per heavy atom. The predicted octanol–water partition coefficient (Wildman–Crippen LogP) is 3.57. The molecule has 0 aliphatic carbocycles. The topological polar surface area (TPSA) is 96.7 Å². The molecule has 1 saturated heterocycles. The lowest BCUT2D eigenvalue weighted by Gasteiger charge is -2.26. The van der Waals surface area contributed by atoms with Crippen molar-refractivity contribution < 1.29 is 19.4 Å². The molecule has 1 aliphatic rings. The highest BCUT2D eigenvalue weighted by Gasteiger charge is 2.24. The number of amides is 2. The van der Waals surface area contributed by atoms with E-state index in [1.165, 1.54) is 0 Å². The van der Waals surface area contributed by atoms with Crippen molar-refractivity contribution in [2.45, 2.75) is 25.5 Å². The van der Waals surface area contributed by atoms with E-state index in [9.17, 15) is 14.7 Å². The summed E-state index contributed by atoms with van der Waals surface area (Å²) in [6.07, 6.45) is 5.14. The molecule has 4 rings (SSSR count). The molecule has 0 spiro atoms. The molecule has 2 aromatic carbocycles. The first-order valence-corrected chi connectivity index (χ1v) is 10.6. The number of rotatable bonds is 7. The Morgan fingerprint density at radius 1 is 1.22 bits per heavy atom. The van der Waals surface area contributed by atoms with E-state index in [4.69, 9.17) is 4.74 Å². The van der Waals surface area contributed by atoms with Gasteiger partial charge in [0.2, 0.25) is 5.78 Å². The van der Waals surface area contributed by atoms with Crippen LogP contribution in [0.5, 0.6) is 5.75 Å². The number of phenolic OH excluding ortho intramolecular Hbond substituents is 1. The fourth-order valence-electron chi connectivity index (χ4n) is 3.72. The van der Waals surface area contributed by atoms with Gasteiger partial charge in [0.1, 0.15) is 5.75 Å². The number of aromatic nitrogens is 2. The average molecular weight is 434 g/mol. The molecule has 1 unspecified atom stereocenters. The van der Waals surface area contributed by atoms with Crippen LogP contribution in [0.15, 0.2) is 60.9 Å². The van der Waals surface area contributed by atoms with Crippen molar-refractivity contribution in [3.63, 3.8) is 0 Å². The number of nitrogens with one attached hydrogen (secondary N) is 1. The minimum absolute atomic E-state index is 0.0237. The number of imidazole rings is 1. The van der Waals surface area contributed by atoms with Crippen molar-refractivity contribution in [3.05, 3.63) is 77.9 Å². The van der Waals surface area contributed by atoms with Gasteiger partial charge >= 0.3 is 6.03 Å². The van der Waals surface area contributed by atoms with Gasteiger partial charge in [0.15, 0.2) is 5.82 Å². The molecular weight excluding hydrogens is 408 g/mol. The number of urea groups is 1.